The van der Waals surface area contributed by atoms with Gasteiger partial charge in [-0.05, 0) is 54.9 Å². The van der Waals surface area contributed by atoms with E-state index in [-0.39, 0.29) is 5.91 Å². The molecule has 0 bridgehead atoms. The Bertz CT molecular complexity index is 452. The summed E-state index contributed by atoms with van der Waals surface area (Å²) < 4.78 is 0.997. The first kappa shape index (κ1) is 14.6. The molecular formula is C16H22BrNO. The molecule has 1 aliphatic carbocycles. The number of carbonyl (C=O) groups excluding carboxylic acids is 1. The summed E-state index contributed by atoms with van der Waals surface area (Å²) in [6.45, 7) is 6.86. The van der Waals surface area contributed by atoms with Crippen LogP contribution < -0.4 is 5.32 Å². The van der Waals surface area contributed by atoms with Gasteiger partial charge in [0.05, 0.1) is 0 Å². The number of halogens is 1. The van der Waals surface area contributed by atoms with Crippen molar-refractivity contribution in [2.45, 2.75) is 46.1 Å². The minimum absolute atomic E-state index is 0.0439. The number of amides is 1. The number of hydrogen-bond donors (Lipinski definition) is 1. The molecule has 1 aliphatic rings. The number of nitrogens with one attached hydrogen (secondary N) is 1. The minimum Gasteiger partial charge on any atom is -0.349 e. The molecule has 1 aromatic carbocycles. The maximum atomic E-state index is 12.2. The molecule has 19 heavy (non-hydrogen) atoms. The Kier molecular flexibility index (Phi) is 4.34. The molecule has 2 rings (SSSR count). The lowest BCUT2D eigenvalue weighted by molar-refractivity contribution is 0.0874. The molecule has 3 heteroatoms. The summed E-state index contributed by atoms with van der Waals surface area (Å²) in [6.07, 6.45) is 3.41. The number of benzene rings is 1. The van der Waals surface area contributed by atoms with Crippen molar-refractivity contribution >= 4 is 21.8 Å². The van der Waals surface area contributed by atoms with Crippen LogP contribution in [0.25, 0.3) is 0 Å². The highest BCUT2D eigenvalue weighted by Gasteiger charge is 2.32. The molecule has 0 aliphatic heterocycles. The van der Waals surface area contributed by atoms with Crippen molar-refractivity contribution < 1.29 is 4.79 Å². The zero-order valence-corrected chi connectivity index (χ0v) is 13.5. The van der Waals surface area contributed by atoms with Crippen molar-refractivity contribution in [1.29, 1.82) is 0 Å². The van der Waals surface area contributed by atoms with Crippen LogP contribution in [0.4, 0.5) is 0 Å². The Hall–Kier alpha value is -0.830. The van der Waals surface area contributed by atoms with Crippen molar-refractivity contribution in [3.8, 4) is 0 Å². The van der Waals surface area contributed by atoms with Crippen molar-refractivity contribution in [3.63, 3.8) is 0 Å². The third-order valence-electron chi connectivity index (χ3n) is 3.83. The molecule has 104 valence electrons. The van der Waals surface area contributed by atoms with Gasteiger partial charge in [0.25, 0.3) is 5.91 Å². The molecule has 0 aromatic heterocycles. The highest BCUT2D eigenvalue weighted by molar-refractivity contribution is 9.10. The smallest absolute Gasteiger partial charge is 0.251 e. The Balaban J connectivity index is 2.00. The number of carbonyl (C=O) groups is 1. The Labute approximate surface area is 124 Å². The zero-order chi connectivity index (χ0) is 14.0. The molecule has 0 saturated heterocycles. The molecule has 1 N–H and O–H groups in total. The number of rotatable bonds is 2. The van der Waals surface area contributed by atoms with Crippen LogP contribution in [0.3, 0.4) is 0 Å². The lowest BCUT2D eigenvalue weighted by atomic mass is 9.70. The second-order valence-corrected chi connectivity index (χ2v) is 7.51. The Morgan fingerprint density at radius 3 is 2.47 bits per heavy atom. The van der Waals surface area contributed by atoms with Gasteiger partial charge in [-0.2, -0.15) is 0 Å². The first-order valence-electron chi connectivity index (χ1n) is 6.92. The molecule has 1 saturated carbocycles. The van der Waals surface area contributed by atoms with Crippen LogP contribution in [0, 0.1) is 11.3 Å². The zero-order valence-electron chi connectivity index (χ0n) is 11.9. The van der Waals surface area contributed by atoms with E-state index in [4.69, 9.17) is 0 Å². The molecule has 2 atom stereocenters. The second-order valence-electron chi connectivity index (χ2n) is 6.59. The third-order valence-corrected chi connectivity index (χ3v) is 4.36. The molecule has 1 aromatic rings. The maximum Gasteiger partial charge on any atom is 0.251 e. The predicted octanol–water partition coefficient (Wildman–Crippen LogP) is 4.39. The van der Waals surface area contributed by atoms with Crippen LogP contribution >= 0.6 is 15.9 Å². The summed E-state index contributed by atoms with van der Waals surface area (Å²) in [6, 6.07) is 7.83. The molecule has 0 radical (unpaired) electrons. The van der Waals surface area contributed by atoms with Crippen molar-refractivity contribution in [2.24, 2.45) is 11.3 Å². The van der Waals surface area contributed by atoms with Crippen LogP contribution in [-0.2, 0) is 0 Å². The summed E-state index contributed by atoms with van der Waals surface area (Å²) in [5, 5.41) is 3.19. The van der Waals surface area contributed by atoms with E-state index in [1.165, 1.54) is 6.42 Å². The lowest BCUT2D eigenvalue weighted by Gasteiger charge is -2.39. The normalized spacial score (nSPS) is 25.9. The van der Waals surface area contributed by atoms with E-state index >= 15 is 0 Å². The second kappa shape index (κ2) is 5.66. The van der Waals surface area contributed by atoms with E-state index in [1.807, 2.05) is 24.3 Å². The van der Waals surface area contributed by atoms with Gasteiger partial charge in [0.1, 0.15) is 0 Å². The molecule has 1 fully saturated rings. The van der Waals surface area contributed by atoms with Crippen LogP contribution in [0.5, 0.6) is 0 Å². The standard InChI is InChI=1S/C16H22BrNO/c1-11-8-14(10-16(2,3)9-11)18-15(19)12-4-6-13(17)7-5-12/h4-7,11,14H,8-10H2,1-3H3,(H,18,19). The fourth-order valence-electron chi connectivity index (χ4n) is 3.33. The summed E-state index contributed by atoms with van der Waals surface area (Å²) in [5.41, 5.74) is 1.06. The molecule has 0 spiro atoms. The summed E-state index contributed by atoms with van der Waals surface area (Å²) in [4.78, 5) is 12.2. The largest absolute Gasteiger partial charge is 0.349 e. The minimum atomic E-state index is 0.0439. The monoisotopic (exact) mass is 323 g/mol. The predicted molar refractivity (Wildman–Crippen MR) is 82.2 cm³/mol. The first-order chi connectivity index (χ1) is 8.85. The van der Waals surface area contributed by atoms with E-state index < -0.39 is 0 Å². The van der Waals surface area contributed by atoms with Gasteiger partial charge >= 0.3 is 0 Å². The average Bonchev–Trinajstić information content (AvgIpc) is 2.26. The van der Waals surface area contributed by atoms with Crippen LogP contribution in [0.1, 0.15) is 50.4 Å². The molecule has 2 nitrogen and oxygen atoms in total. The van der Waals surface area contributed by atoms with E-state index in [0.717, 1.165) is 22.9 Å². The van der Waals surface area contributed by atoms with E-state index in [2.05, 4.69) is 42.0 Å². The highest BCUT2D eigenvalue weighted by Crippen LogP contribution is 2.38. The number of hydrogen-bond acceptors (Lipinski definition) is 1. The van der Waals surface area contributed by atoms with Crippen molar-refractivity contribution in [3.05, 3.63) is 34.3 Å². The van der Waals surface area contributed by atoms with Gasteiger partial charge in [-0.25, -0.2) is 0 Å². The van der Waals surface area contributed by atoms with Gasteiger partial charge in [-0.15, -0.1) is 0 Å². The van der Waals surface area contributed by atoms with Crippen LogP contribution in [0.2, 0.25) is 0 Å². The average molecular weight is 324 g/mol. The quantitative estimate of drug-likeness (QED) is 0.859. The fraction of sp³-hybridized carbons (Fsp3) is 0.562. The van der Waals surface area contributed by atoms with Crippen LogP contribution in [-0.4, -0.2) is 11.9 Å². The topological polar surface area (TPSA) is 29.1 Å². The molecular weight excluding hydrogens is 302 g/mol. The van der Waals surface area contributed by atoms with Gasteiger partial charge < -0.3 is 5.32 Å². The summed E-state index contributed by atoms with van der Waals surface area (Å²) >= 11 is 3.38. The van der Waals surface area contributed by atoms with Crippen molar-refractivity contribution in [2.75, 3.05) is 0 Å². The highest BCUT2D eigenvalue weighted by atomic mass is 79.9. The van der Waals surface area contributed by atoms with Crippen molar-refractivity contribution in [1.82, 2.24) is 5.32 Å². The molecule has 0 heterocycles. The van der Waals surface area contributed by atoms with Gasteiger partial charge in [0.15, 0.2) is 0 Å². The maximum absolute atomic E-state index is 12.2. The Morgan fingerprint density at radius 2 is 1.89 bits per heavy atom. The first-order valence-corrected chi connectivity index (χ1v) is 7.71. The third kappa shape index (κ3) is 4.07. The molecule has 1 amide bonds. The Morgan fingerprint density at radius 1 is 1.26 bits per heavy atom. The van der Waals surface area contributed by atoms with Gasteiger partial charge in [-0.1, -0.05) is 36.7 Å². The van der Waals surface area contributed by atoms with E-state index in [0.29, 0.717) is 17.4 Å². The SMILES string of the molecule is CC1CC(NC(=O)c2ccc(Br)cc2)CC(C)(C)C1. The summed E-state index contributed by atoms with van der Waals surface area (Å²) in [5.74, 6) is 0.723. The van der Waals surface area contributed by atoms with E-state index in [9.17, 15) is 4.79 Å². The van der Waals surface area contributed by atoms with Crippen LogP contribution in [0.15, 0.2) is 28.7 Å². The summed E-state index contributed by atoms with van der Waals surface area (Å²) in [7, 11) is 0. The molecule has 2 unspecified atom stereocenters. The lowest BCUT2D eigenvalue weighted by Crippen LogP contribution is -2.42. The fourth-order valence-corrected chi connectivity index (χ4v) is 3.59. The van der Waals surface area contributed by atoms with Gasteiger partial charge in [0, 0.05) is 16.1 Å². The van der Waals surface area contributed by atoms with Gasteiger partial charge in [-0.3, -0.25) is 4.79 Å². The van der Waals surface area contributed by atoms with Gasteiger partial charge in [0.2, 0.25) is 0 Å². The van der Waals surface area contributed by atoms with E-state index in [1.54, 1.807) is 0 Å².